The van der Waals surface area contributed by atoms with Gasteiger partial charge in [-0.2, -0.15) is 13.2 Å². The van der Waals surface area contributed by atoms with Crippen molar-refractivity contribution in [1.82, 2.24) is 15.1 Å². The monoisotopic (exact) mass is 556 g/mol. The largest absolute Gasteiger partial charge is 0.416 e. The lowest BCUT2D eigenvalue weighted by Gasteiger charge is -2.39. The number of alkyl halides is 3. The molecule has 2 aliphatic heterocycles. The van der Waals surface area contributed by atoms with Crippen molar-refractivity contribution in [2.45, 2.75) is 38.2 Å². The van der Waals surface area contributed by atoms with E-state index in [0.29, 0.717) is 37.3 Å². The van der Waals surface area contributed by atoms with Gasteiger partial charge in [0.15, 0.2) is 5.96 Å². The van der Waals surface area contributed by atoms with Crippen LogP contribution in [-0.2, 0) is 15.7 Å². The van der Waals surface area contributed by atoms with Crippen molar-refractivity contribution in [1.29, 1.82) is 0 Å². The fourth-order valence-electron chi connectivity index (χ4n) is 4.04. The van der Waals surface area contributed by atoms with Gasteiger partial charge >= 0.3 is 6.18 Å². The summed E-state index contributed by atoms with van der Waals surface area (Å²) in [5.74, 6) is 0.739. The molecule has 176 valence electrons. The number of nitrogens with zero attached hydrogens (tertiary/aromatic N) is 3. The van der Waals surface area contributed by atoms with Gasteiger partial charge in [-0.3, -0.25) is 9.89 Å². The van der Waals surface area contributed by atoms with Gasteiger partial charge in [0.1, 0.15) is 6.10 Å². The number of hydrogen-bond acceptors (Lipinski definition) is 4. The predicted molar refractivity (Wildman–Crippen MR) is 125 cm³/mol. The van der Waals surface area contributed by atoms with Crippen LogP contribution in [0.4, 0.5) is 13.2 Å². The minimum atomic E-state index is -4.37. The van der Waals surface area contributed by atoms with Crippen LogP contribution in [0.3, 0.4) is 0 Å². The van der Waals surface area contributed by atoms with Gasteiger partial charge in [-0.1, -0.05) is 12.1 Å². The number of rotatable bonds is 4. The Morgan fingerprint density at radius 1 is 1.29 bits per heavy atom. The van der Waals surface area contributed by atoms with Crippen LogP contribution in [0.1, 0.15) is 31.1 Å². The molecule has 31 heavy (non-hydrogen) atoms. The highest BCUT2D eigenvalue weighted by atomic mass is 127. The molecule has 2 fully saturated rings. The van der Waals surface area contributed by atoms with Crippen molar-refractivity contribution < 1.29 is 22.6 Å². The maximum atomic E-state index is 13.1. The normalized spacial score (nSPS) is 24.5. The third kappa shape index (κ3) is 6.93. The highest BCUT2D eigenvalue weighted by molar-refractivity contribution is 14.0. The molecular formula is C21H32F3IN4O2. The Hall–Kier alpha value is -1.11. The first-order valence-electron chi connectivity index (χ1n) is 10.4. The van der Waals surface area contributed by atoms with E-state index in [1.165, 1.54) is 12.1 Å². The van der Waals surface area contributed by atoms with Gasteiger partial charge in [0, 0.05) is 38.8 Å². The molecule has 0 amide bonds. The third-order valence-electron chi connectivity index (χ3n) is 5.70. The molecule has 1 aromatic rings. The molecule has 1 aromatic carbocycles. The second-order valence-electron chi connectivity index (χ2n) is 7.87. The molecule has 0 spiro atoms. The zero-order valence-electron chi connectivity index (χ0n) is 18.2. The van der Waals surface area contributed by atoms with Gasteiger partial charge in [-0.25, -0.2) is 0 Å². The molecule has 2 saturated heterocycles. The minimum absolute atomic E-state index is 0. The molecule has 3 atom stereocenters. The second-order valence-corrected chi connectivity index (χ2v) is 7.87. The third-order valence-corrected chi connectivity index (χ3v) is 5.70. The Bertz CT molecular complexity index is 735. The maximum Gasteiger partial charge on any atom is 0.416 e. The van der Waals surface area contributed by atoms with E-state index in [9.17, 15) is 13.2 Å². The lowest BCUT2D eigenvalue weighted by Crippen LogP contribution is -2.54. The van der Waals surface area contributed by atoms with Crippen molar-refractivity contribution in [2.24, 2.45) is 4.99 Å². The summed E-state index contributed by atoms with van der Waals surface area (Å²) in [5.41, 5.74) is -0.128. The first-order chi connectivity index (χ1) is 14.3. The number of ether oxygens (including phenoxy) is 2. The number of aliphatic imine (C=N–C) groups is 1. The number of benzene rings is 1. The Kier molecular flexibility index (Phi) is 9.84. The first kappa shape index (κ1) is 26.1. The molecule has 0 saturated carbocycles. The summed E-state index contributed by atoms with van der Waals surface area (Å²) >= 11 is 0. The fraction of sp³-hybridized carbons (Fsp3) is 0.667. The molecule has 2 aliphatic rings. The van der Waals surface area contributed by atoms with E-state index in [-0.39, 0.29) is 24.0 Å². The Labute approximate surface area is 199 Å². The summed E-state index contributed by atoms with van der Waals surface area (Å²) < 4.78 is 50.5. The van der Waals surface area contributed by atoms with Gasteiger partial charge in [0.05, 0.1) is 31.9 Å². The van der Waals surface area contributed by atoms with Crippen LogP contribution in [-0.4, -0.2) is 80.9 Å². The Morgan fingerprint density at radius 2 is 2.06 bits per heavy atom. The number of nitrogens with one attached hydrogen (secondary N) is 1. The summed E-state index contributed by atoms with van der Waals surface area (Å²) in [5, 5.41) is 3.42. The highest BCUT2D eigenvalue weighted by Gasteiger charge is 2.32. The molecule has 1 N–H and O–H groups in total. The predicted octanol–water partition coefficient (Wildman–Crippen LogP) is 3.38. The maximum absolute atomic E-state index is 13.1. The van der Waals surface area contributed by atoms with E-state index in [4.69, 9.17) is 9.47 Å². The zero-order chi connectivity index (χ0) is 21.7. The van der Waals surface area contributed by atoms with Crippen LogP contribution in [0.15, 0.2) is 29.3 Å². The van der Waals surface area contributed by atoms with Crippen LogP contribution >= 0.6 is 24.0 Å². The molecule has 0 aliphatic carbocycles. The summed E-state index contributed by atoms with van der Waals surface area (Å²) in [4.78, 5) is 8.84. The molecule has 10 heteroatoms. The van der Waals surface area contributed by atoms with Crippen LogP contribution in [0, 0.1) is 0 Å². The van der Waals surface area contributed by atoms with Crippen LogP contribution in [0.5, 0.6) is 0 Å². The number of halogens is 4. The average Bonchev–Trinajstić information content (AvgIpc) is 2.74. The van der Waals surface area contributed by atoms with Crippen LogP contribution in [0.2, 0.25) is 0 Å². The van der Waals surface area contributed by atoms with E-state index in [0.717, 1.165) is 38.3 Å². The van der Waals surface area contributed by atoms with Crippen molar-refractivity contribution in [3.8, 4) is 0 Å². The lowest BCUT2D eigenvalue weighted by molar-refractivity contribution is -0.137. The van der Waals surface area contributed by atoms with E-state index < -0.39 is 17.8 Å². The van der Waals surface area contributed by atoms with Gasteiger partial charge in [-0.05, 0) is 31.5 Å². The van der Waals surface area contributed by atoms with E-state index in [1.807, 2.05) is 4.90 Å². The Morgan fingerprint density at radius 3 is 2.74 bits per heavy atom. The van der Waals surface area contributed by atoms with Crippen molar-refractivity contribution in [2.75, 3.05) is 53.0 Å². The molecule has 0 bridgehead atoms. The molecule has 6 nitrogen and oxygen atoms in total. The summed E-state index contributed by atoms with van der Waals surface area (Å²) in [6, 6.07) is 6.04. The molecule has 3 unspecified atom stereocenters. The van der Waals surface area contributed by atoms with Gasteiger partial charge < -0.3 is 19.7 Å². The molecule has 2 heterocycles. The second kappa shape index (κ2) is 11.7. The lowest BCUT2D eigenvalue weighted by atomic mass is 10.0. The minimum Gasteiger partial charge on any atom is -0.379 e. The van der Waals surface area contributed by atoms with Crippen LogP contribution < -0.4 is 5.32 Å². The van der Waals surface area contributed by atoms with Gasteiger partial charge in [0.2, 0.25) is 0 Å². The van der Waals surface area contributed by atoms with Crippen molar-refractivity contribution in [3.05, 3.63) is 35.4 Å². The molecule has 3 rings (SSSR count). The van der Waals surface area contributed by atoms with E-state index >= 15 is 0 Å². The van der Waals surface area contributed by atoms with Crippen molar-refractivity contribution in [3.63, 3.8) is 0 Å². The standard InChI is InChI=1S/C21H31F3N4O2.HI/c1-15(28-8-9-29-14-16(28)2)12-26-20(25-3)27-7-10-30-19(13-27)17-5-4-6-18(11-17)21(22,23)24;/h4-6,11,15-16,19H,7-10,12-14H2,1-3H3,(H,25,26);1H. The summed E-state index contributed by atoms with van der Waals surface area (Å²) in [6.07, 6.45) is -4.80. The molecule has 0 aromatic heterocycles. The zero-order valence-corrected chi connectivity index (χ0v) is 20.5. The van der Waals surface area contributed by atoms with E-state index in [1.54, 1.807) is 13.1 Å². The topological polar surface area (TPSA) is 49.3 Å². The summed E-state index contributed by atoms with van der Waals surface area (Å²) in [6.45, 7) is 8.95. The quantitative estimate of drug-likeness (QED) is 0.350. The fourth-order valence-corrected chi connectivity index (χ4v) is 4.04. The summed E-state index contributed by atoms with van der Waals surface area (Å²) in [7, 11) is 1.72. The number of guanidine groups is 1. The van der Waals surface area contributed by atoms with Crippen LogP contribution in [0.25, 0.3) is 0 Å². The SMILES string of the molecule is CN=C(NCC(C)N1CCOCC1C)N1CCOC(c2cccc(C(F)(F)F)c2)C1.I. The van der Waals surface area contributed by atoms with Crippen molar-refractivity contribution >= 4 is 29.9 Å². The van der Waals surface area contributed by atoms with Gasteiger partial charge in [-0.15, -0.1) is 24.0 Å². The molecule has 0 radical (unpaired) electrons. The first-order valence-corrected chi connectivity index (χ1v) is 10.4. The highest BCUT2D eigenvalue weighted by Crippen LogP contribution is 2.32. The van der Waals surface area contributed by atoms with Gasteiger partial charge in [0.25, 0.3) is 0 Å². The van der Waals surface area contributed by atoms with E-state index in [2.05, 4.69) is 29.1 Å². The Balaban J connectivity index is 0.00000341. The molecular weight excluding hydrogens is 524 g/mol. The number of morpholine rings is 2. The smallest absolute Gasteiger partial charge is 0.379 e. The number of hydrogen-bond donors (Lipinski definition) is 1. The average molecular weight is 556 g/mol.